The quantitative estimate of drug-likeness (QED) is 0.569. The molecule has 0 fully saturated rings. The summed E-state index contributed by atoms with van der Waals surface area (Å²) >= 11 is 0. The Hall–Kier alpha value is -1.10. The van der Waals surface area contributed by atoms with Crippen LogP contribution in [0.25, 0.3) is 5.70 Å². The van der Waals surface area contributed by atoms with Gasteiger partial charge in [0.05, 0.1) is 0 Å². The molecule has 0 aliphatic carbocycles. The minimum absolute atomic E-state index is 0. The van der Waals surface area contributed by atoms with Crippen LogP contribution in [0, 0.1) is 18.4 Å². The van der Waals surface area contributed by atoms with Gasteiger partial charge in [-0.2, -0.15) is 12.2 Å². The summed E-state index contributed by atoms with van der Waals surface area (Å²) in [5.41, 5.74) is 3.94. The van der Waals surface area contributed by atoms with Gasteiger partial charge in [0.25, 0.3) is 0 Å². The predicted octanol–water partition coefficient (Wildman–Crippen LogP) is 2.82. The van der Waals surface area contributed by atoms with Gasteiger partial charge < -0.3 is 4.90 Å². The summed E-state index contributed by atoms with van der Waals surface area (Å²) in [5, 5.41) is 0. The Labute approximate surface area is 128 Å². The molecule has 17 heavy (non-hydrogen) atoms. The molecule has 0 spiro atoms. The van der Waals surface area contributed by atoms with Crippen LogP contribution in [0.5, 0.6) is 0 Å². The normalized spacial score (nSPS) is 13.8. The van der Waals surface area contributed by atoms with Crippen LogP contribution in [0.15, 0.2) is 48.7 Å². The van der Waals surface area contributed by atoms with Gasteiger partial charge in [-0.25, -0.2) is 0 Å². The van der Waals surface area contributed by atoms with Crippen molar-refractivity contribution in [1.29, 1.82) is 0 Å². The van der Waals surface area contributed by atoms with Crippen molar-refractivity contribution in [2.24, 2.45) is 0 Å². The van der Waals surface area contributed by atoms with Gasteiger partial charge in [-0.05, 0) is 5.70 Å². The molecule has 0 saturated heterocycles. The van der Waals surface area contributed by atoms with Gasteiger partial charge >= 0.3 is 0 Å². The molecule has 1 nitrogen and oxygen atoms in total. The monoisotopic (exact) mass is 295 g/mol. The zero-order valence-electron chi connectivity index (χ0n) is 9.77. The van der Waals surface area contributed by atoms with Gasteiger partial charge in [0.15, 0.2) is 0 Å². The number of likely N-dealkylation sites (N-methyl/N-ethyl adjacent to an activating group) is 1. The molecule has 0 aromatic heterocycles. The molecule has 2 heteroatoms. The number of hydrogen-bond acceptors (Lipinski definition) is 1. The molecule has 0 amide bonds. The topological polar surface area (TPSA) is 3.24 Å². The van der Waals surface area contributed by atoms with Gasteiger partial charge in [-0.3, -0.25) is 0 Å². The van der Waals surface area contributed by atoms with E-state index in [1.807, 2.05) is 48.4 Å². The standard InChI is InChI=1S/C15H12N.Y/c1-4-13-8-10-14(11-9-13)15-7-5-6-12(2)16(15)3;/h1,5-6,8-11H,2H2,3H3;/q-1;. The van der Waals surface area contributed by atoms with Crippen molar-refractivity contribution >= 4 is 5.70 Å². The number of terminal acetylenes is 1. The Morgan fingerprint density at radius 2 is 1.94 bits per heavy atom. The Bertz CT molecular complexity index is 515. The molecule has 1 aliphatic heterocycles. The first-order chi connectivity index (χ1) is 7.72. The van der Waals surface area contributed by atoms with Crippen LogP contribution in [0.2, 0.25) is 0 Å². The molecule has 0 N–H and O–H groups in total. The number of hydrogen-bond donors (Lipinski definition) is 0. The first-order valence-corrected chi connectivity index (χ1v) is 5.02. The molecular weight excluding hydrogens is 283 g/mol. The summed E-state index contributed by atoms with van der Waals surface area (Å²) < 4.78 is 0. The number of benzene rings is 1. The van der Waals surface area contributed by atoms with Crippen molar-refractivity contribution in [2.45, 2.75) is 0 Å². The fourth-order valence-corrected chi connectivity index (χ4v) is 1.57. The second-order valence-electron chi connectivity index (χ2n) is 3.60. The third kappa shape index (κ3) is 2.97. The van der Waals surface area contributed by atoms with Crippen LogP contribution in [-0.2, 0) is 32.7 Å². The molecule has 2 rings (SSSR count). The molecule has 0 bridgehead atoms. The Morgan fingerprint density at radius 3 is 2.53 bits per heavy atom. The molecule has 0 saturated carbocycles. The summed E-state index contributed by atoms with van der Waals surface area (Å²) in [6, 6.07) is 7.86. The zero-order valence-corrected chi connectivity index (χ0v) is 12.6. The van der Waals surface area contributed by atoms with Crippen LogP contribution in [-0.4, -0.2) is 11.9 Å². The average molecular weight is 295 g/mol. The number of nitrogens with zero attached hydrogens (tertiary/aromatic N) is 1. The SMILES string of the molecule is C#Cc1ccc(C2=[C-]C=CC(=C)N2C)cc1.[Y]. The van der Waals surface area contributed by atoms with E-state index in [-0.39, 0.29) is 32.7 Å². The Kier molecular flexibility index (Phi) is 4.93. The van der Waals surface area contributed by atoms with E-state index >= 15 is 0 Å². The Balaban J connectivity index is 0.00000144. The molecule has 0 unspecified atom stereocenters. The van der Waals surface area contributed by atoms with Crippen LogP contribution < -0.4 is 0 Å². The summed E-state index contributed by atoms with van der Waals surface area (Å²) in [6.07, 6.45) is 12.3. The zero-order chi connectivity index (χ0) is 11.5. The number of allylic oxidation sites excluding steroid dienone is 3. The third-order valence-electron chi connectivity index (χ3n) is 2.59. The minimum atomic E-state index is 0. The van der Waals surface area contributed by atoms with Crippen LogP contribution in [0.1, 0.15) is 11.1 Å². The van der Waals surface area contributed by atoms with Crippen molar-refractivity contribution in [2.75, 3.05) is 7.05 Å². The molecule has 1 aromatic rings. The molecule has 1 aliphatic rings. The van der Waals surface area contributed by atoms with E-state index < -0.39 is 0 Å². The van der Waals surface area contributed by atoms with Gasteiger partial charge in [0, 0.05) is 45.3 Å². The molecule has 1 aromatic carbocycles. The maximum absolute atomic E-state index is 5.32. The van der Waals surface area contributed by atoms with E-state index in [4.69, 9.17) is 6.42 Å². The van der Waals surface area contributed by atoms with Gasteiger partial charge in [0.2, 0.25) is 0 Å². The van der Waals surface area contributed by atoms with Crippen molar-refractivity contribution < 1.29 is 32.7 Å². The largest absolute Gasteiger partial charge is 0.379 e. The van der Waals surface area contributed by atoms with Crippen molar-refractivity contribution in [3.8, 4) is 12.3 Å². The molecule has 0 atom stereocenters. The number of rotatable bonds is 1. The molecule has 81 valence electrons. The van der Waals surface area contributed by atoms with Crippen LogP contribution >= 0.6 is 0 Å². The Morgan fingerprint density at radius 1 is 1.29 bits per heavy atom. The molecular formula is C15H12NY-. The van der Waals surface area contributed by atoms with E-state index in [0.717, 1.165) is 22.5 Å². The fourth-order valence-electron chi connectivity index (χ4n) is 1.57. The first-order valence-electron chi connectivity index (χ1n) is 5.02. The van der Waals surface area contributed by atoms with Gasteiger partial charge in [0.1, 0.15) is 0 Å². The van der Waals surface area contributed by atoms with Crippen LogP contribution in [0.4, 0.5) is 0 Å². The molecule has 1 radical (unpaired) electrons. The van der Waals surface area contributed by atoms with Crippen LogP contribution in [0.3, 0.4) is 0 Å². The van der Waals surface area contributed by atoms with Gasteiger partial charge in [-0.15, -0.1) is 24.6 Å². The summed E-state index contributed by atoms with van der Waals surface area (Å²) in [5.74, 6) is 2.60. The summed E-state index contributed by atoms with van der Waals surface area (Å²) in [7, 11) is 1.98. The maximum Gasteiger partial charge on any atom is 0.0222 e. The van der Waals surface area contributed by atoms with Gasteiger partial charge in [-0.1, -0.05) is 35.9 Å². The second kappa shape index (κ2) is 6.01. The summed E-state index contributed by atoms with van der Waals surface area (Å²) in [4.78, 5) is 2.00. The summed E-state index contributed by atoms with van der Waals surface area (Å²) in [6.45, 7) is 3.95. The second-order valence-corrected chi connectivity index (χ2v) is 3.60. The van der Waals surface area contributed by atoms with Crippen molar-refractivity contribution in [3.05, 3.63) is 65.9 Å². The molecule has 1 heterocycles. The van der Waals surface area contributed by atoms with E-state index in [0.29, 0.717) is 0 Å². The van der Waals surface area contributed by atoms with E-state index in [2.05, 4.69) is 18.6 Å². The smallest absolute Gasteiger partial charge is 0.0222 e. The average Bonchev–Trinajstić information content (AvgIpc) is 2.33. The predicted molar refractivity (Wildman–Crippen MR) is 67.1 cm³/mol. The fraction of sp³-hybridized carbons (Fsp3) is 0.0667. The van der Waals surface area contributed by atoms with E-state index in [9.17, 15) is 0 Å². The maximum atomic E-state index is 5.32. The van der Waals surface area contributed by atoms with E-state index in [1.165, 1.54) is 0 Å². The minimum Gasteiger partial charge on any atom is -0.379 e. The third-order valence-corrected chi connectivity index (χ3v) is 2.59. The van der Waals surface area contributed by atoms with Crippen molar-refractivity contribution in [3.63, 3.8) is 0 Å². The first kappa shape index (κ1) is 14.0. The van der Waals surface area contributed by atoms with E-state index in [1.54, 1.807) is 0 Å². The van der Waals surface area contributed by atoms with Crippen molar-refractivity contribution in [1.82, 2.24) is 4.90 Å².